The number of phenolic OH excluding ortho intramolecular Hbond substituents is 1. The lowest BCUT2D eigenvalue weighted by molar-refractivity contribution is -0.140. The third-order valence-electron chi connectivity index (χ3n) is 9.14. The number of hydrogen-bond donors (Lipinski definition) is 1. The van der Waals surface area contributed by atoms with Gasteiger partial charge in [-0.3, -0.25) is 24.1 Å². The summed E-state index contributed by atoms with van der Waals surface area (Å²) < 4.78 is 19.8. The van der Waals surface area contributed by atoms with E-state index >= 15 is 0 Å². The normalized spacial score (nSPS) is 31.7. The van der Waals surface area contributed by atoms with Crippen molar-refractivity contribution in [1.29, 1.82) is 0 Å². The zero-order chi connectivity index (χ0) is 31.2. The number of anilines is 1. The first-order valence-electron chi connectivity index (χ1n) is 13.7. The number of alkyl halides is 2. The predicted octanol–water partition coefficient (Wildman–Crippen LogP) is 6.04. The Balaban J connectivity index is 1.60. The summed E-state index contributed by atoms with van der Waals surface area (Å²) in [5.74, 6) is -6.20. The lowest BCUT2D eigenvalue weighted by atomic mass is 9.56. The van der Waals surface area contributed by atoms with Crippen LogP contribution in [-0.2, 0) is 19.2 Å². The molecule has 13 heteroatoms. The molecule has 1 saturated carbocycles. The highest BCUT2D eigenvalue weighted by Crippen LogP contribution is 2.67. The van der Waals surface area contributed by atoms with E-state index in [1.54, 1.807) is 0 Å². The van der Waals surface area contributed by atoms with Crippen molar-refractivity contribution in [2.45, 2.75) is 41.9 Å². The fourth-order valence-corrected chi connectivity index (χ4v) is 9.11. The molecule has 0 bridgehead atoms. The van der Waals surface area contributed by atoms with E-state index < -0.39 is 51.1 Å². The van der Waals surface area contributed by atoms with Crippen molar-refractivity contribution < 1.29 is 33.4 Å². The number of carbonyl (C=O) groups excluding carboxylic acids is 4. The van der Waals surface area contributed by atoms with Gasteiger partial charge in [-0.2, -0.15) is 0 Å². The van der Waals surface area contributed by atoms with Crippen LogP contribution in [0.4, 0.5) is 10.1 Å². The molecule has 2 saturated heterocycles. The molecule has 2 aliphatic heterocycles. The summed E-state index contributed by atoms with van der Waals surface area (Å²) in [6.07, 6.45) is 2.47. The fraction of sp³-hybridized carbons (Fsp3) is 0.400. The van der Waals surface area contributed by atoms with Crippen molar-refractivity contribution in [1.82, 2.24) is 4.90 Å². The number of nitrogens with zero attached hydrogens (tertiary/aromatic N) is 2. The monoisotopic (exact) mass is 756 g/mol. The number of hydrogen-bond acceptors (Lipinski definition) is 6. The fourth-order valence-electron chi connectivity index (χ4n) is 7.23. The highest BCUT2D eigenvalue weighted by molar-refractivity contribution is 9.13. The Morgan fingerprint density at radius 3 is 2.35 bits per heavy atom. The Bertz CT molecular complexity index is 1640. The minimum Gasteiger partial charge on any atom is -0.503 e. The van der Waals surface area contributed by atoms with Crippen molar-refractivity contribution in [3.05, 3.63) is 62.3 Å². The van der Waals surface area contributed by atoms with Crippen molar-refractivity contribution in [2.24, 2.45) is 17.8 Å². The molecule has 6 atom stereocenters. The maximum absolute atomic E-state index is 14.5. The molecule has 0 spiro atoms. The largest absolute Gasteiger partial charge is 0.503 e. The quantitative estimate of drug-likeness (QED) is 0.227. The summed E-state index contributed by atoms with van der Waals surface area (Å²) in [6, 6.07) is 6.33. The Kier molecular flexibility index (Phi) is 7.51. The summed E-state index contributed by atoms with van der Waals surface area (Å²) in [7, 11) is 1.36. The number of aromatic hydroxyl groups is 1. The number of phenols is 1. The molecule has 226 valence electrons. The molecule has 0 unspecified atom stereocenters. The highest BCUT2D eigenvalue weighted by atomic mass is 79.9. The first-order chi connectivity index (χ1) is 20.3. The number of rotatable bonds is 5. The van der Waals surface area contributed by atoms with Gasteiger partial charge in [-0.05, 0) is 92.9 Å². The van der Waals surface area contributed by atoms with E-state index in [4.69, 9.17) is 27.9 Å². The van der Waals surface area contributed by atoms with Crippen LogP contribution in [0.15, 0.2) is 50.9 Å². The van der Waals surface area contributed by atoms with Gasteiger partial charge >= 0.3 is 0 Å². The third-order valence-corrected chi connectivity index (χ3v) is 12.7. The van der Waals surface area contributed by atoms with Crippen LogP contribution >= 0.6 is 55.1 Å². The van der Waals surface area contributed by atoms with E-state index in [-0.39, 0.29) is 52.9 Å². The molecule has 8 nitrogen and oxygen atoms in total. The molecule has 2 aliphatic carbocycles. The van der Waals surface area contributed by atoms with Crippen LogP contribution in [-0.4, -0.2) is 57.0 Å². The van der Waals surface area contributed by atoms with Crippen LogP contribution in [0.25, 0.3) is 0 Å². The number of imide groups is 2. The van der Waals surface area contributed by atoms with Crippen LogP contribution in [0.5, 0.6) is 11.5 Å². The predicted molar refractivity (Wildman–Crippen MR) is 164 cm³/mol. The number of halogens is 5. The molecule has 1 N–H and O–H groups in total. The second-order valence-corrected chi connectivity index (χ2v) is 14.1. The molecule has 2 aromatic rings. The van der Waals surface area contributed by atoms with Crippen molar-refractivity contribution in [3.8, 4) is 11.5 Å². The van der Waals surface area contributed by atoms with Gasteiger partial charge < -0.3 is 9.84 Å². The molecule has 6 rings (SSSR count). The minimum atomic E-state index is -2.12. The number of methoxy groups -OCH3 is 1. The van der Waals surface area contributed by atoms with Gasteiger partial charge in [-0.25, -0.2) is 9.29 Å². The number of fused-ring (bicyclic) bond motifs is 4. The average molecular weight is 759 g/mol. The summed E-state index contributed by atoms with van der Waals surface area (Å²) >= 11 is 21.6. The first kappa shape index (κ1) is 30.6. The first-order valence-corrected chi connectivity index (χ1v) is 16.0. The number of benzene rings is 2. The molecule has 2 heterocycles. The minimum absolute atomic E-state index is 0.0651. The summed E-state index contributed by atoms with van der Waals surface area (Å²) in [4.78, 5) is 53.8. The average Bonchev–Trinajstić information content (AvgIpc) is 3.31. The molecular weight excluding hydrogens is 734 g/mol. The van der Waals surface area contributed by atoms with E-state index in [0.29, 0.717) is 22.0 Å². The van der Waals surface area contributed by atoms with Crippen molar-refractivity contribution >= 4 is 84.4 Å². The van der Waals surface area contributed by atoms with Gasteiger partial charge in [-0.15, -0.1) is 23.2 Å². The van der Waals surface area contributed by atoms with Crippen LogP contribution in [0.1, 0.15) is 37.7 Å². The van der Waals surface area contributed by atoms with E-state index in [9.17, 15) is 28.7 Å². The summed E-state index contributed by atoms with van der Waals surface area (Å²) in [5, 5.41) is 10.7. The van der Waals surface area contributed by atoms with Crippen molar-refractivity contribution in [3.63, 3.8) is 0 Å². The zero-order valence-corrected chi connectivity index (χ0v) is 27.6. The van der Waals surface area contributed by atoms with Gasteiger partial charge in [-0.1, -0.05) is 18.6 Å². The Morgan fingerprint density at radius 1 is 1.05 bits per heavy atom. The van der Waals surface area contributed by atoms with Gasteiger partial charge in [0.15, 0.2) is 21.2 Å². The second-order valence-electron chi connectivity index (χ2n) is 11.2. The third kappa shape index (κ3) is 4.03. The molecule has 4 aliphatic rings. The molecule has 0 aromatic heterocycles. The van der Waals surface area contributed by atoms with E-state index in [0.717, 1.165) is 17.0 Å². The lowest BCUT2D eigenvalue weighted by Crippen LogP contribution is -2.60. The molecule has 2 aromatic carbocycles. The van der Waals surface area contributed by atoms with Gasteiger partial charge in [0.25, 0.3) is 11.8 Å². The molecule has 3 fully saturated rings. The Morgan fingerprint density at radius 2 is 1.72 bits per heavy atom. The smallest absolute Gasteiger partial charge is 0.258 e. The van der Waals surface area contributed by atoms with Crippen LogP contribution in [0, 0.1) is 23.6 Å². The number of likely N-dealkylation sites (tertiary alicyclic amines) is 1. The van der Waals surface area contributed by atoms with Crippen LogP contribution in [0.2, 0.25) is 0 Å². The van der Waals surface area contributed by atoms with E-state index in [2.05, 4.69) is 31.9 Å². The van der Waals surface area contributed by atoms with Gasteiger partial charge in [0.05, 0.1) is 29.1 Å². The molecule has 4 amide bonds. The maximum Gasteiger partial charge on any atom is 0.258 e. The SMILES string of the molecule is CCCN1C(=O)[C@H]2[C@H](CC=C3[C@H]2C[C@@]2(Cl)C(=O)N(c4ccc(F)cc4)C(=O)[C@@]2(Cl)[C@H]3c2cc(OC)c(O)c(Br)c2Br)C1=O. The van der Waals surface area contributed by atoms with Gasteiger partial charge in [0.1, 0.15) is 5.82 Å². The van der Waals surface area contributed by atoms with Gasteiger partial charge in [0, 0.05) is 16.9 Å². The standard InChI is InChI=1S/C30H25Br2Cl2FN2O6/c1-3-10-36-25(39)16-9-8-15-18(20(16)26(36)40)12-29(33)27(41)37(14-6-4-13(35)5-7-14)28(42)30(29,34)21(15)17-11-19(43-2)24(38)23(32)22(17)31/h4-8,11,16,18,20-21,38H,3,9-10,12H2,1-2H3/t16-,18+,20-,21+,29+,30-/m0/s1. The summed E-state index contributed by atoms with van der Waals surface area (Å²) in [6.45, 7) is 2.14. The molecular formula is C30H25Br2Cl2FN2O6. The van der Waals surface area contributed by atoms with E-state index in [1.165, 1.54) is 30.2 Å². The van der Waals surface area contributed by atoms with Crippen LogP contribution < -0.4 is 9.64 Å². The van der Waals surface area contributed by atoms with E-state index in [1.807, 2.05) is 13.0 Å². The zero-order valence-electron chi connectivity index (χ0n) is 22.9. The number of carbonyl (C=O) groups is 4. The van der Waals surface area contributed by atoms with Gasteiger partial charge in [0.2, 0.25) is 11.8 Å². The number of allylic oxidation sites excluding steroid dienone is 2. The molecule has 43 heavy (non-hydrogen) atoms. The molecule has 0 radical (unpaired) electrons. The lowest BCUT2D eigenvalue weighted by Gasteiger charge is -2.51. The Hall–Kier alpha value is -2.47. The number of ether oxygens (including phenoxy) is 1. The highest BCUT2D eigenvalue weighted by Gasteiger charge is 2.76. The number of amides is 4. The van der Waals surface area contributed by atoms with Crippen LogP contribution in [0.3, 0.4) is 0 Å². The maximum atomic E-state index is 14.5. The Labute approximate surface area is 273 Å². The topological polar surface area (TPSA) is 104 Å². The second kappa shape index (κ2) is 10.6. The summed E-state index contributed by atoms with van der Waals surface area (Å²) in [5.41, 5.74) is 1.05. The van der Waals surface area contributed by atoms with Crippen molar-refractivity contribution in [2.75, 3.05) is 18.6 Å².